The lowest BCUT2D eigenvalue weighted by atomic mass is 10.2. The molecule has 0 aliphatic carbocycles. The Kier molecular flexibility index (Phi) is 5.68. The average molecular weight is 383 g/mol. The highest BCUT2D eigenvalue weighted by Gasteiger charge is 2.32. The zero-order chi connectivity index (χ0) is 17.0. The Morgan fingerprint density at radius 3 is 2.57 bits per heavy atom. The number of halogens is 1. The number of hydrogen-bond acceptors (Lipinski definition) is 3. The highest BCUT2D eigenvalue weighted by molar-refractivity contribution is 9.10. The lowest BCUT2D eigenvalue weighted by Crippen LogP contribution is -2.45. The standard InChI is InChI=1S/C17H23BrN2O3/c1-17(2,3)23-16(22)20-10-4-5-14(20)11-19-15(21)12-6-8-13(18)9-7-12/h6-9,14H,4-5,10-11H2,1-3H3,(H,19,21)/t14-/m0/s1. The third-order valence-electron chi connectivity index (χ3n) is 3.61. The van der Waals surface area contributed by atoms with E-state index in [1.807, 2.05) is 32.9 Å². The van der Waals surface area contributed by atoms with Crippen molar-refractivity contribution in [3.05, 3.63) is 34.3 Å². The van der Waals surface area contributed by atoms with Gasteiger partial charge in [0.25, 0.3) is 5.91 Å². The van der Waals surface area contributed by atoms with Gasteiger partial charge in [0.2, 0.25) is 0 Å². The molecular formula is C17H23BrN2O3. The first-order valence-electron chi connectivity index (χ1n) is 7.79. The van der Waals surface area contributed by atoms with Crippen molar-refractivity contribution in [2.45, 2.75) is 45.3 Å². The van der Waals surface area contributed by atoms with Gasteiger partial charge in [0.15, 0.2) is 0 Å². The molecule has 0 radical (unpaired) electrons. The molecule has 2 rings (SSSR count). The van der Waals surface area contributed by atoms with Crippen molar-refractivity contribution in [3.8, 4) is 0 Å². The molecule has 1 saturated heterocycles. The van der Waals surface area contributed by atoms with Gasteiger partial charge in [0.05, 0.1) is 6.04 Å². The zero-order valence-corrected chi connectivity index (χ0v) is 15.4. The molecule has 6 heteroatoms. The van der Waals surface area contributed by atoms with Gasteiger partial charge in [-0.3, -0.25) is 4.79 Å². The predicted octanol–water partition coefficient (Wildman–Crippen LogP) is 3.58. The smallest absolute Gasteiger partial charge is 0.410 e. The number of nitrogens with zero attached hydrogens (tertiary/aromatic N) is 1. The summed E-state index contributed by atoms with van der Waals surface area (Å²) in [4.78, 5) is 26.1. The first-order valence-corrected chi connectivity index (χ1v) is 8.59. The third kappa shape index (κ3) is 5.23. The van der Waals surface area contributed by atoms with E-state index >= 15 is 0 Å². The highest BCUT2D eigenvalue weighted by atomic mass is 79.9. The van der Waals surface area contributed by atoms with Crippen molar-refractivity contribution < 1.29 is 14.3 Å². The number of benzene rings is 1. The van der Waals surface area contributed by atoms with Crippen molar-refractivity contribution in [2.24, 2.45) is 0 Å². The second-order valence-electron chi connectivity index (χ2n) is 6.69. The molecule has 0 spiro atoms. The zero-order valence-electron chi connectivity index (χ0n) is 13.8. The van der Waals surface area contributed by atoms with Crippen LogP contribution in [0.5, 0.6) is 0 Å². The van der Waals surface area contributed by atoms with Crippen LogP contribution in [0.1, 0.15) is 44.0 Å². The van der Waals surface area contributed by atoms with Gasteiger partial charge in [-0.05, 0) is 57.9 Å². The number of amides is 2. The first kappa shape index (κ1) is 17.8. The van der Waals surface area contributed by atoms with Crippen LogP contribution >= 0.6 is 15.9 Å². The summed E-state index contributed by atoms with van der Waals surface area (Å²) in [6, 6.07) is 7.18. The number of carbonyl (C=O) groups excluding carboxylic acids is 2. The Hall–Kier alpha value is -1.56. The fourth-order valence-electron chi connectivity index (χ4n) is 2.52. The van der Waals surface area contributed by atoms with Gasteiger partial charge in [-0.15, -0.1) is 0 Å². The Labute approximate surface area is 145 Å². The van der Waals surface area contributed by atoms with Crippen LogP contribution in [0.4, 0.5) is 4.79 Å². The molecule has 0 bridgehead atoms. The number of carbonyl (C=O) groups is 2. The lowest BCUT2D eigenvalue weighted by Gasteiger charge is -2.28. The largest absolute Gasteiger partial charge is 0.444 e. The minimum Gasteiger partial charge on any atom is -0.444 e. The molecule has 0 aromatic heterocycles. The number of ether oxygens (including phenoxy) is 1. The summed E-state index contributed by atoms with van der Waals surface area (Å²) < 4.78 is 6.36. The van der Waals surface area contributed by atoms with Crippen molar-refractivity contribution in [1.82, 2.24) is 10.2 Å². The summed E-state index contributed by atoms with van der Waals surface area (Å²) in [6.07, 6.45) is 1.50. The van der Waals surface area contributed by atoms with E-state index in [0.717, 1.165) is 17.3 Å². The minimum atomic E-state index is -0.509. The Morgan fingerprint density at radius 1 is 1.30 bits per heavy atom. The molecule has 1 fully saturated rings. The first-order chi connectivity index (χ1) is 10.8. The molecule has 1 aromatic carbocycles. The van der Waals surface area contributed by atoms with Crippen LogP contribution in [-0.4, -0.2) is 41.6 Å². The third-order valence-corrected chi connectivity index (χ3v) is 4.14. The molecular weight excluding hydrogens is 360 g/mol. The molecule has 1 atom stereocenters. The maximum Gasteiger partial charge on any atom is 0.410 e. The molecule has 126 valence electrons. The maximum atomic E-state index is 12.2. The summed E-state index contributed by atoms with van der Waals surface area (Å²) in [5, 5.41) is 2.90. The van der Waals surface area contributed by atoms with E-state index in [1.165, 1.54) is 0 Å². The number of likely N-dealkylation sites (tertiary alicyclic amines) is 1. The minimum absolute atomic E-state index is 0.00996. The fraction of sp³-hybridized carbons (Fsp3) is 0.529. The number of hydrogen-bond donors (Lipinski definition) is 1. The Morgan fingerprint density at radius 2 is 1.96 bits per heavy atom. The summed E-state index contributed by atoms with van der Waals surface area (Å²) in [5.74, 6) is -0.131. The molecule has 2 amide bonds. The summed E-state index contributed by atoms with van der Waals surface area (Å²) >= 11 is 3.35. The topological polar surface area (TPSA) is 58.6 Å². The SMILES string of the molecule is CC(C)(C)OC(=O)N1CCC[C@H]1CNC(=O)c1ccc(Br)cc1. The second kappa shape index (κ2) is 7.34. The van der Waals surface area contributed by atoms with Gasteiger partial charge in [-0.1, -0.05) is 15.9 Å². The van der Waals surface area contributed by atoms with Crippen molar-refractivity contribution in [2.75, 3.05) is 13.1 Å². The molecule has 1 aliphatic heterocycles. The van der Waals surface area contributed by atoms with Crippen molar-refractivity contribution in [3.63, 3.8) is 0 Å². The molecule has 5 nitrogen and oxygen atoms in total. The van der Waals surface area contributed by atoms with Crippen LogP contribution in [-0.2, 0) is 4.74 Å². The average Bonchev–Trinajstić information content (AvgIpc) is 2.92. The van der Waals surface area contributed by atoms with Gasteiger partial charge in [-0.2, -0.15) is 0 Å². The van der Waals surface area contributed by atoms with E-state index in [-0.39, 0.29) is 18.0 Å². The molecule has 23 heavy (non-hydrogen) atoms. The normalized spacial score (nSPS) is 17.9. The summed E-state index contributed by atoms with van der Waals surface area (Å²) in [7, 11) is 0. The maximum absolute atomic E-state index is 12.2. The van der Waals surface area contributed by atoms with Crippen molar-refractivity contribution in [1.29, 1.82) is 0 Å². The van der Waals surface area contributed by atoms with Crippen LogP contribution in [0.3, 0.4) is 0 Å². The van der Waals surface area contributed by atoms with E-state index < -0.39 is 5.60 Å². The molecule has 1 N–H and O–H groups in total. The molecule has 0 saturated carbocycles. The Bertz CT molecular complexity index is 566. The predicted molar refractivity (Wildman–Crippen MR) is 92.4 cm³/mol. The summed E-state index contributed by atoms with van der Waals surface area (Å²) in [5.41, 5.74) is 0.0975. The molecule has 1 heterocycles. The van der Waals surface area contributed by atoms with Gasteiger partial charge in [0.1, 0.15) is 5.60 Å². The van der Waals surface area contributed by atoms with E-state index in [0.29, 0.717) is 18.7 Å². The van der Waals surface area contributed by atoms with E-state index in [4.69, 9.17) is 4.74 Å². The van der Waals surface area contributed by atoms with Crippen LogP contribution in [0.25, 0.3) is 0 Å². The monoisotopic (exact) mass is 382 g/mol. The summed E-state index contributed by atoms with van der Waals surface area (Å²) in [6.45, 7) is 6.67. The molecule has 1 aliphatic rings. The van der Waals surface area contributed by atoms with Gasteiger partial charge < -0.3 is 15.0 Å². The van der Waals surface area contributed by atoms with E-state index in [1.54, 1.807) is 17.0 Å². The highest BCUT2D eigenvalue weighted by Crippen LogP contribution is 2.20. The Balaban J connectivity index is 1.90. The van der Waals surface area contributed by atoms with Crippen molar-refractivity contribution >= 4 is 27.9 Å². The molecule has 1 aromatic rings. The van der Waals surface area contributed by atoms with Gasteiger partial charge in [-0.25, -0.2) is 4.79 Å². The fourth-order valence-corrected chi connectivity index (χ4v) is 2.79. The second-order valence-corrected chi connectivity index (χ2v) is 7.60. The lowest BCUT2D eigenvalue weighted by molar-refractivity contribution is 0.0225. The van der Waals surface area contributed by atoms with E-state index in [9.17, 15) is 9.59 Å². The van der Waals surface area contributed by atoms with E-state index in [2.05, 4.69) is 21.2 Å². The van der Waals surface area contributed by atoms with Crippen LogP contribution in [0.2, 0.25) is 0 Å². The van der Waals surface area contributed by atoms with Crippen LogP contribution in [0.15, 0.2) is 28.7 Å². The number of nitrogens with one attached hydrogen (secondary N) is 1. The quantitative estimate of drug-likeness (QED) is 0.868. The van der Waals surface area contributed by atoms with Gasteiger partial charge >= 0.3 is 6.09 Å². The number of rotatable bonds is 3. The van der Waals surface area contributed by atoms with Gasteiger partial charge in [0, 0.05) is 23.1 Å². The van der Waals surface area contributed by atoms with Crippen LogP contribution in [0, 0.1) is 0 Å². The van der Waals surface area contributed by atoms with Crippen LogP contribution < -0.4 is 5.32 Å². The molecule has 0 unspecified atom stereocenters.